The predicted octanol–water partition coefficient (Wildman–Crippen LogP) is 4.06. The molecule has 3 fully saturated rings. The summed E-state index contributed by atoms with van der Waals surface area (Å²) in [6, 6.07) is 0. The maximum Gasteiger partial charge on any atom is 0.0686 e. The Morgan fingerprint density at radius 2 is 1.79 bits per heavy atom. The van der Waals surface area contributed by atoms with Gasteiger partial charge in [-0.25, -0.2) is 0 Å². The molecular weight excluding hydrogens is 236 g/mol. The number of rotatable bonds is 4. The first-order chi connectivity index (χ1) is 9.27. The van der Waals surface area contributed by atoms with E-state index in [0.29, 0.717) is 5.92 Å². The number of aliphatic hydroxyl groups is 1. The van der Waals surface area contributed by atoms with Gasteiger partial charge in [-0.05, 0) is 50.4 Å². The lowest BCUT2D eigenvalue weighted by Crippen LogP contribution is -2.41. The molecule has 0 radical (unpaired) electrons. The Bertz CT molecular complexity index is 277. The van der Waals surface area contributed by atoms with Crippen molar-refractivity contribution in [2.24, 2.45) is 11.8 Å². The van der Waals surface area contributed by atoms with Gasteiger partial charge in [0.2, 0.25) is 0 Å². The van der Waals surface area contributed by atoms with Gasteiger partial charge < -0.3 is 9.84 Å². The molecule has 1 saturated heterocycles. The zero-order chi connectivity index (χ0) is 13.1. The minimum absolute atomic E-state index is 0.0676. The van der Waals surface area contributed by atoms with Crippen LogP contribution in [0.15, 0.2) is 0 Å². The zero-order valence-electron chi connectivity index (χ0n) is 12.3. The fourth-order valence-electron chi connectivity index (χ4n) is 4.70. The van der Waals surface area contributed by atoms with Crippen LogP contribution in [0.5, 0.6) is 0 Å². The largest absolute Gasteiger partial charge is 0.393 e. The minimum atomic E-state index is -0.0676. The molecule has 110 valence electrons. The van der Waals surface area contributed by atoms with Crippen LogP contribution in [-0.4, -0.2) is 23.4 Å². The Kier molecular flexibility index (Phi) is 4.48. The van der Waals surface area contributed by atoms with Crippen LogP contribution >= 0.6 is 0 Å². The van der Waals surface area contributed by atoms with Crippen LogP contribution in [0.25, 0.3) is 0 Å². The Hall–Kier alpha value is -0.0800. The molecule has 0 aromatic rings. The topological polar surface area (TPSA) is 29.5 Å². The fraction of sp³-hybridized carbons (Fsp3) is 1.00. The summed E-state index contributed by atoms with van der Waals surface area (Å²) in [7, 11) is 0. The first-order valence-electron chi connectivity index (χ1n) is 8.59. The molecule has 0 aromatic carbocycles. The monoisotopic (exact) mass is 266 g/mol. The molecule has 2 nitrogen and oxygen atoms in total. The van der Waals surface area contributed by atoms with E-state index in [9.17, 15) is 5.11 Å². The summed E-state index contributed by atoms with van der Waals surface area (Å²) in [5.74, 6) is 1.42. The van der Waals surface area contributed by atoms with Gasteiger partial charge in [-0.3, -0.25) is 0 Å². The van der Waals surface area contributed by atoms with Crippen molar-refractivity contribution in [3.05, 3.63) is 0 Å². The lowest BCUT2D eigenvalue weighted by atomic mass is 9.80. The van der Waals surface area contributed by atoms with Gasteiger partial charge in [0, 0.05) is 6.61 Å². The second kappa shape index (κ2) is 6.13. The van der Waals surface area contributed by atoms with Crippen LogP contribution in [0.2, 0.25) is 0 Å². The van der Waals surface area contributed by atoms with Gasteiger partial charge in [-0.15, -0.1) is 0 Å². The highest BCUT2D eigenvalue weighted by Gasteiger charge is 2.41. The fourth-order valence-corrected chi connectivity index (χ4v) is 4.70. The molecule has 2 heteroatoms. The summed E-state index contributed by atoms with van der Waals surface area (Å²) in [5, 5.41) is 10.5. The summed E-state index contributed by atoms with van der Waals surface area (Å²) < 4.78 is 6.07. The third-order valence-corrected chi connectivity index (χ3v) is 5.94. The van der Waals surface area contributed by atoms with Gasteiger partial charge in [0.15, 0.2) is 0 Å². The van der Waals surface area contributed by atoms with E-state index in [1.54, 1.807) is 0 Å². The molecule has 0 aromatic heterocycles. The smallest absolute Gasteiger partial charge is 0.0686 e. The summed E-state index contributed by atoms with van der Waals surface area (Å²) in [4.78, 5) is 0. The highest BCUT2D eigenvalue weighted by molar-refractivity contribution is 4.92. The average molecular weight is 266 g/mol. The van der Waals surface area contributed by atoms with E-state index in [1.807, 2.05) is 0 Å². The van der Waals surface area contributed by atoms with Crippen LogP contribution in [0.3, 0.4) is 0 Å². The maximum absolute atomic E-state index is 10.5. The van der Waals surface area contributed by atoms with Crippen LogP contribution in [0, 0.1) is 11.8 Å². The number of hydrogen-bond donors (Lipinski definition) is 1. The van der Waals surface area contributed by atoms with Crippen molar-refractivity contribution in [2.45, 2.75) is 88.8 Å². The van der Waals surface area contributed by atoms with Crippen molar-refractivity contribution in [1.29, 1.82) is 0 Å². The molecule has 2 atom stereocenters. The molecule has 3 rings (SSSR count). The highest BCUT2D eigenvalue weighted by atomic mass is 16.5. The minimum Gasteiger partial charge on any atom is -0.393 e. The molecular formula is C17H30O2. The summed E-state index contributed by atoms with van der Waals surface area (Å²) >= 11 is 0. The van der Waals surface area contributed by atoms with Crippen molar-refractivity contribution in [3.8, 4) is 0 Å². The van der Waals surface area contributed by atoms with Crippen LogP contribution in [0.1, 0.15) is 77.0 Å². The molecule has 2 saturated carbocycles. The lowest BCUT2D eigenvalue weighted by molar-refractivity contribution is -0.113. The Morgan fingerprint density at radius 3 is 2.53 bits per heavy atom. The third kappa shape index (κ3) is 3.33. The molecule has 0 bridgehead atoms. The molecule has 1 heterocycles. The van der Waals surface area contributed by atoms with Crippen molar-refractivity contribution < 1.29 is 9.84 Å². The molecule has 2 aliphatic carbocycles. The van der Waals surface area contributed by atoms with E-state index in [1.165, 1.54) is 57.8 Å². The number of aliphatic hydroxyl groups excluding tert-OH is 1. The quantitative estimate of drug-likeness (QED) is 0.831. The predicted molar refractivity (Wildman–Crippen MR) is 77.1 cm³/mol. The maximum atomic E-state index is 10.5. The van der Waals surface area contributed by atoms with Gasteiger partial charge in [0.05, 0.1) is 11.7 Å². The SMILES string of the molecule is OC(CCC1CCCC1)C1CCOC2(CCCC2)C1. The van der Waals surface area contributed by atoms with E-state index >= 15 is 0 Å². The van der Waals surface area contributed by atoms with Crippen molar-refractivity contribution in [2.75, 3.05) is 6.61 Å². The van der Waals surface area contributed by atoms with E-state index in [2.05, 4.69) is 0 Å². The van der Waals surface area contributed by atoms with Crippen LogP contribution in [-0.2, 0) is 4.74 Å². The van der Waals surface area contributed by atoms with Crippen molar-refractivity contribution in [1.82, 2.24) is 0 Å². The molecule has 1 N–H and O–H groups in total. The average Bonchev–Trinajstić information content (AvgIpc) is 3.08. The first-order valence-corrected chi connectivity index (χ1v) is 8.59. The van der Waals surface area contributed by atoms with E-state index in [-0.39, 0.29) is 11.7 Å². The van der Waals surface area contributed by atoms with Gasteiger partial charge in [0.1, 0.15) is 0 Å². The number of hydrogen-bond acceptors (Lipinski definition) is 2. The molecule has 2 unspecified atom stereocenters. The van der Waals surface area contributed by atoms with Crippen molar-refractivity contribution in [3.63, 3.8) is 0 Å². The van der Waals surface area contributed by atoms with Gasteiger partial charge >= 0.3 is 0 Å². The number of ether oxygens (including phenoxy) is 1. The summed E-state index contributed by atoms with van der Waals surface area (Å²) in [6.07, 6.45) is 15.2. The lowest BCUT2D eigenvalue weighted by Gasteiger charge is -2.40. The third-order valence-electron chi connectivity index (χ3n) is 5.94. The van der Waals surface area contributed by atoms with E-state index in [0.717, 1.165) is 31.8 Å². The summed E-state index contributed by atoms with van der Waals surface area (Å²) in [6.45, 7) is 0.880. The Labute approximate surface area is 117 Å². The van der Waals surface area contributed by atoms with Gasteiger partial charge in [-0.1, -0.05) is 38.5 Å². The highest BCUT2D eigenvalue weighted by Crippen LogP contribution is 2.43. The van der Waals surface area contributed by atoms with Crippen LogP contribution < -0.4 is 0 Å². The molecule has 1 aliphatic heterocycles. The van der Waals surface area contributed by atoms with Gasteiger partial charge in [-0.2, -0.15) is 0 Å². The molecule has 19 heavy (non-hydrogen) atoms. The standard InChI is InChI=1S/C17H30O2/c18-16(8-7-14-5-1-2-6-14)15-9-12-19-17(13-15)10-3-4-11-17/h14-16,18H,1-13H2. The van der Waals surface area contributed by atoms with E-state index in [4.69, 9.17) is 4.74 Å². The first kappa shape index (κ1) is 13.9. The van der Waals surface area contributed by atoms with E-state index < -0.39 is 0 Å². The summed E-state index contributed by atoms with van der Waals surface area (Å²) in [5.41, 5.74) is 0.164. The Morgan fingerprint density at radius 1 is 1.05 bits per heavy atom. The molecule has 1 spiro atoms. The second-order valence-corrected chi connectivity index (χ2v) is 7.29. The zero-order valence-corrected chi connectivity index (χ0v) is 12.3. The Balaban J connectivity index is 1.47. The van der Waals surface area contributed by atoms with Gasteiger partial charge in [0.25, 0.3) is 0 Å². The van der Waals surface area contributed by atoms with Crippen molar-refractivity contribution >= 4 is 0 Å². The van der Waals surface area contributed by atoms with Crippen LogP contribution in [0.4, 0.5) is 0 Å². The normalized spacial score (nSPS) is 33.0. The second-order valence-electron chi connectivity index (χ2n) is 7.29. The molecule has 3 aliphatic rings. The molecule has 0 amide bonds.